The number of hydrogen-bond donors (Lipinski definition) is 4. The molecule has 190 valence electrons. The maximum atomic E-state index is 12.1. The zero-order valence-corrected chi connectivity index (χ0v) is 21.3. The van der Waals surface area contributed by atoms with E-state index in [2.05, 4.69) is 39.9 Å². The molecule has 5 rings (SSSR count). The molecular formula is C26H36ClN5O3. The Morgan fingerprint density at radius 2 is 2.17 bits per heavy atom. The Hall–Kier alpha value is -2.45. The number of halogens is 1. The van der Waals surface area contributed by atoms with E-state index in [4.69, 9.17) is 16.3 Å². The van der Waals surface area contributed by atoms with Crippen molar-refractivity contribution in [1.29, 1.82) is 0 Å². The first-order valence-electron chi connectivity index (χ1n) is 12.8. The maximum absolute atomic E-state index is 12.1. The van der Waals surface area contributed by atoms with Gasteiger partial charge in [0.25, 0.3) is 0 Å². The Balaban J connectivity index is 1.11. The van der Waals surface area contributed by atoms with Crippen LogP contribution in [0.25, 0.3) is 0 Å². The van der Waals surface area contributed by atoms with Crippen LogP contribution in [-0.2, 0) is 4.74 Å². The molecule has 1 aromatic heterocycles. The number of alkyl carbamates (subject to hydrolysis) is 1. The van der Waals surface area contributed by atoms with E-state index < -0.39 is 6.23 Å². The number of ether oxygens (including phenoxy) is 1. The number of nitrogens with one attached hydrogen (secondary N) is 3. The van der Waals surface area contributed by atoms with Gasteiger partial charge in [-0.25, -0.2) is 4.79 Å². The van der Waals surface area contributed by atoms with Crippen LogP contribution in [0.5, 0.6) is 0 Å². The number of anilines is 2. The van der Waals surface area contributed by atoms with Crippen LogP contribution < -0.4 is 15.5 Å². The second kappa shape index (κ2) is 9.90. The number of nitrogens with zero attached hydrogens (tertiary/aromatic N) is 2. The molecular weight excluding hydrogens is 466 g/mol. The molecule has 2 aliphatic carbocycles. The molecule has 4 unspecified atom stereocenters. The molecule has 0 spiro atoms. The number of rotatable bonds is 8. The first-order chi connectivity index (χ1) is 16.8. The molecule has 2 heterocycles. The quantitative estimate of drug-likeness (QED) is 0.400. The van der Waals surface area contributed by atoms with Gasteiger partial charge in [0.1, 0.15) is 17.6 Å². The molecule has 1 saturated heterocycles. The Labute approximate surface area is 211 Å². The van der Waals surface area contributed by atoms with Crippen molar-refractivity contribution in [3.05, 3.63) is 40.5 Å². The molecule has 9 heteroatoms. The van der Waals surface area contributed by atoms with Crippen molar-refractivity contribution >= 4 is 29.2 Å². The van der Waals surface area contributed by atoms with Crippen molar-refractivity contribution in [2.45, 2.75) is 88.5 Å². The van der Waals surface area contributed by atoms with E-state index >= 15 is 0 Å². The van der Waals surface area contributed by atoms with Crippen molar-refractivity contribution in [2.75, 3.05) is 23.3 Å². The van der Waals surface area contributed by atoms with Crippen LogP contribution in [0.15, 0.2) is 24.3 Å². The van der Waals surface area contributed by atoms with Crippen molar-refractivity contribution in [1.82, 2.24) is 15.5 Å². The van der Waals surface area contributed by atoms with Gasteiger partial charge in [0.15, 0.2) is 0 Å². The van der Waals surface area contributed by atoms with E-state index in [0.29, 0.717) is 12.5 Å². The normalized spacial score (nSPS) is 25.9. The third-order valence-electron chi connectivity index (χ3n) is 7.74. The number of aromatic nitrogens is 2. The molecule has 4 atom stereocenters. The second-order valence-corrected chi connectivity index (χ2v) is 11.1. The Bertz CT molecular complexity index is 1060. The first kappa shape index (κ1) is 24.3. The summed E-state index contributed by atoms with van der Waals surface area (Å²) in [5, 5.41) is 24.9. The number of aliphatic hydroxyl groups is 1. The molecule has 3 aliphatic rings. The molecule has 4 N–H and O–H groups in total. The maximum Gasteiger partial charge on any atom is 0.407 e. The third-order valence-corrected chi connectivity index (χ3v) is 8.07. The average Bonchev–Trinajstić information content (AvgIpc) is 3.25. The molecule has 8 nitrogen and oxygen atoms in total. The minimum absolute atomic E-state index is 0.140. The van der Waals surface area contributed by atoms with Crippen LogP contribution in [-0.4, -0.2) is 52.4 Å². The van der Waals surface area contributed by atoms with Gasteiger partial charge >= 0.3 is 6.09 Å². The van der Waals surface area contributed by atoms with Gasteiger partial charge in [-0.05, 0) is 75.5 Å². The zero-order valence-electron chi connectivity index (χ0n) is 20.5. The summed E-state index contributed by atoms with van der Waals surface area (Å²) in [6, 6.07) is 8.28. The van der Waals surface area contributed by atoms with Gasteiger partial charge < -0.3 is 25.4 Å². The number of hydrogen-bond acceptors (Lipinski definition) is 6. The van der Waals surface area contributed by atoms with E-state index in [-0.39, 0.29) is 23.7 Å². The van der Waals surface area contributed by atoms with Gasteiger partial charge in [0.2, 0.25) is 0 Å². The monoisotopic (exact) mass is 501 g/mol. The number of aliphatic hydroxyl groups excluding tert-OH is 1. The van der Waals surface area contributed by atoms with Gasteiger partial charge in [-0.1, -0.05) is 24.6 Å². The highest BCUT2D eigenvalue weighted by molar-refractivity contribution is 6.31. The van der Waals surface area contributed by atoms with Gasteiger partial charge in [-0.15, -0.1) is 0 Å². The average molecular weight is 502 g/mol. The van der Waals surface area contributed by atoms with Crippen LogP contribution in [0, 0.1) is 0 Å². The summed E-state index contributed by atoms with van der Waals surface area (Å²) < 4.78 is 5.49. The predicted octanol–water partition coefficient (Wildman–Crippen LogP) is 5.11. The number of benzene rings is 1. The van der Waals surface area contributed by atoms with Gasteiger partial charge in [-0.2, -0.15) is 5.10 Å². The highest BCUT2D eigenvalue weighted by atomic mass is 35.5. The van der Waals surface area contributed by atoms with Crippen molar-refractivity contribution in [2.24, 2.45) is 0 Å². The summed E-state index contributed by atoms with van der Waals surface area (Å²) >= 11 is 6.61. The lowest BCUT2D eigenvalue weighted by molar-refractivity contribution is 0.0904. The van der Waals surface area contributed by atoms with Crippen molar-refractivity contribution in [3.63, 3.8) is 0 Å². The highest BCUT2D eigenvalue weighted by Crippen LogP contribution is 2.39. The number of aromatic amines is 1. The largest absolute Gasteiger partial charge is 0.443 e. The molecule has 1 amide bonds. The fourth-order valence-electron chi connectivity index (χ4n) is 5.24. The fraction of sp³-hybridized carbons (Fsp3) is 0.615. The molecule has 0 bridgehead atoms. The minimum atomic E-state index is -0.421. The van der Waals surface area contributed by atoms with Gasteiger partial charge in [0, 0.05) is 47.5 Å². The molecule has 35 heavy (non-hydrogen) atoms. The summed E-state index contributed by atoms with van der Waals surface area (Å²) in [6.07, 6.45) is 5.83. The molecule has 0 radical (unpaired) electrons. The van der Waals surface area contributed by atoms with E-state index in [1.54, 1.807) is 0 Å². The molecule has 3 fully saturated rings. The van der Waals surface area contributed by atoms with Gasteiger partial charge in [-0.3, -0.25) is 5.10 Å². The molecule has 2 aromatic rings. The van der Waals surface area contributed by atoms with Crippen LogP contribution >= 0.6 is 11.6 Å². The number of amides is 1. The summed E-state index contributed by atoms with van der Waals surface area (Å²) in [7, 11) is 0. The molecule has 1 aromatic carbocycles. The number of carbonyl (C=O) groups excluding carboxylic acids is 1. The Morgan fingerprint density at radius 3 is 2.89 bits per heavy atom. The first-order valence-corrected chi connectivity index (χ1v) is 13.2. The summed E-state index contributed by atoms with van der Waals surface area (Å²) in [6.45, 7) is 5.68. The Morgan fingerprint density at radius 1 is 1.34 bits per heavy atom. The lowest BCUT2D eigenvalue weighted by Gasteiger charge is -2.24. The van der Waals surface area contributed by atoms with Crippen LogP contribution in [0.1, 0.15) is 81.9 Å². The third kappa shape index (κ3) is 5.70. The SMILES string of the molecule is CC(CNc1cc(C2CCC(NC(=O)OC3(C)CC3)C2)[nH]n1)c1ccc(N2CCCC2O)cc1Cl. The van der Waals surface area contributed by atoms with Crippen molar-refractivity contribution in [3.8, 4) is 0 Å². The van der Waals surface area contributed by atoms with E-state index in [9.17, 15) is 9.90 Å². The summed E-state index contributed by atoms with van der Waals surface area (Å²) in [5.74, 6) is 1.36. The Kier molecular flexibility index (Phi) is 6.86. The topological polar surface area (TPSA) is 103 Å². The smallest absolute Gasteiger partial charge is 0.407 e. The van der Waals surface area contributed by atoms with Crippen LogP contribution in [0.3, 0.4) is 0 Å². The van der Waals surface area contributed by atoms with Crippen molar-refractivity contribution < 1.29 is 14.6 Å². The van der Waals surface area contributed by atoms with Gasteiger partial charge in [0.05, 0.1) is 0 Å². The van der Waals surface area contributed by atoms with E-state index in [1.807, 2.05) is 24.0 Å². The fourth-order valence-corrected chi connectivity index (χ4v) is 5.60. The summed E-state index contributed by atoms with van der Waals surface area (Å²) in [4.78, 5) is 14.1. The van der Waals surface area contributed by atoms with E-state index in [1.165, 1.54) is 0 Å². The number of H-pyrrole nitrogens is 1. The standard InChI is InChI=1S/C26H36ClN5O3/c1-16(20-8-7-19(13-21(20)27)32-11-3-4-24(32)33)15-28-23-14-22(30-31-23)17-5-6-18(12-17)29-25(34)35-26(2)9-10-26/h7-8,13-14,16-18,24,33H,3-6,9-12,15H2,1-2H3,(H,29,34)(H2,28,30,31). The van der Waals surface area contributed by atoms with Crippen LogP contribution in [0.2, 0.25) is 5.02 Å². The lowest BCUT2D eigenvalue weighted by Crippen LogP contribution is -2.35. The number of carbonyl (C=O) groups is 1. The molecule has 2 saturated carbocycles. The molecule has 1 aliphatic heterocycles. The highest BCUT2D eigenvalue weighted by Gasteiger charge is 2.42. The van der Waals surface area contributed by atoms with E-state index in [0.717, 1.165) is 79.3 Å². The van der Waals surface area contributed by atoms with Crippen LogP contribution in [0.4, 0.5) is 16.3 Å². The second-order valence-electron chi connectivity index (χ2n) is 10.7. The zero-order chi connectivity index (χ0) is 24.6. The summed E-state index contributed by atoms with van der Waals surface area (Å²) in [5.41, 5.74) is 2.90. The lowest BCUT2D eigenvalue weighted by atomic mass is 10.0. The minimum Gasteiger partial charge on any atom is -0.443 e. The predicted molar refractivity (Wildman–Crippen MR) is 137 cm³/mol.